The summed E-state index contributed by atoms with van der Waals surface area (Å²) in [5.74, 6) is 8.67. The molecule has 0 saturated carbocycles. The van der Waals surface area contributed by atoms with Crippen LogP contribution in [0.5, 0.6) is 0 Å². The molecule has 16 heavy (non-hydrogen) atoms. The zero-order valence-corrected chi connectivity index (χ0v) is 8.64. The Morgan fingerprint density at radius 3 is 2.44 bits per heavy atom. The molecule has 0 fully saturated rings. The van der Waals surface area contributed by atoms with Crippen molar-refractivity contribution in [1.29, 1.82) is 0 Å². The molecular formula is C15H9N. The van der Waals surface area contributed by atoms with Gasteiger partial charge >= 0.3 is 0 Å². The van der Waals surface area contributed by atoms with Crippen LogP contribution in [0.15, 0.2) is 48.8 Å². The van der Waals surface area contributed by atoms with E-state index in [1.165, 1.54) is 0 Å². The number of pyridine rings is 1. The average molecular weight is 203 g/mol. The van der Waals surface area contributed by atoms with Crippen LogP contribution in [0.1, 0.15) is 16.7 Å². The van der Waals surface area contributed by atoms with Crippen LogP contribution in [0.4, 0.5) is 0 Å². The molecule has 74 valence electrons. The fraction of sp³-hybridized carbons (Fsp3) is 0. The van der Waals surface area contributed by atoms with E-state index < -0.39 is 0 Å². The largest absolute Gasteiger partial charge is 0.263 e. The van der Waals surface area contributed by atoms with Crippen molar-refractivity contribution in [3.8, 4) is 24.2 Å². The van der Waals surface area contributed by atoms with Crippen molar-refractivity contribution in [2.45, 2.75) is 0 Å². The quantitative estimate of drug-likeness (QED) is 0.599. The van der Waals surface area contributed by atoms with Crippen LogP contribution in [0.2, 0.25) is 0 Å². The number of hydrogen-bond acceptors (Lipinski definition) is 1. The summed E-state index contributed by atoms with van der Waals surface area (Å²) in [5.41, 5.74) is 2.66. The Kier molecular flexibility index (Phi) is 3.02. The maximum atomic E-state index is 5.32. The minimum atomic E-state index is 0.845. The third-order valence-corrected chi connectivity index (χ3v) is 2.04. The van der Waals surface area contributed by atoms with Gasteiger partial charge < -0.3 is 0 Å². The lowest BCUT2D eigenvalue weighted by Gasteiger charge is -1.91. The number of aromatic nitrogens is 1. The number of rotatable bonds is 0. The normalized spacial score (nSPS) is 8.69. The van der Waals surface area contributed by atoms with Gasteiger partial charge in [-0.15, -0.1) is 6.42 Å². The van der Waals surface area contributed by atoms with Gasteiger partial charge in [0.25, 0.3) is 0 Å². The highest BCUT2D eigenvalue weighted by molar-refractivity contribution is 5.45. The predicted octanol–water partition coefficient (Wildman–Crippen LogP) is 2.46. The van der Waals surface area contributed by atoms with Crippen molar-refractivity contribution < 1.29 is 0 Å². The zero-order valence-electron chi connectivity index (χ0n) is 8.64. The summed E-state index contributed by atoms with van der Waals surface area (Å²) in [6.07, 6.45) is 8.78. The first-order valence-corrected chi connectivity index (χ1v) is 4.87. The summed E-state index contributed by atoms with van der Waals surface area (Å²) in [6.45, 7) is 0. The monoisotopic (exact) mass is 203 g/mol. The SMILES string of the molecule is C#Cc1cccc(C#Cc2cccnc2)c1. The van der Waals surface area contributed by atoms with Gasteiger partial charge in [-0.05, 0) is 30.3 Å². The molecule has 0 N–H and O–H groups in total. The van der Waals surface area contributed by atoms with E-state index in [0.29, 0.717) is 0 Å². The fourth-order valence-corrected chi connectivity index (χ4v) is 1.27. The highest BCUT2D eigenvalue weighted by atomic mass is 14.6. The molecule has 0 spiro atoms. The maximum absolute atomic E-state index is 5.32. The molecule has 0 unspecified atom stereocenters. The lowest BCUT2D eigenvalue weighted by Crippen LogP contribution is -1.79. The lowest BCUT2D eigenvalue weighted by molar-refractivity contribution is 1.31. The second kappa shape index (κ2) is 4.82. The Labute approximate surface area is 95.2 Å². The molecule has 0 atom stereocenters. The summed E-state index contributed by atoms with van der Waals surface area (Å²) in [4.78, 5) is 4.00. The van der Waals surface area contributed by atoms with Crippen molar-refractivity contribution in [2.24, 2.45) is 0 Å². The summed E-state index contributed by atoms with van der Waals surface area (Å²) >= 11 is 0. The molecule has 1 heteroatoms. The van der Waals surface area contributed by atoms with E-state index in [2.05, 4.69) is 22.7 Å². The van der Waals surface area contributed by atoms with Crippen molar-refractivity contribution in [2.75, 3.05) is 0 Å². The third kappa shape index (κ3) is 2.50. The van der Waals surface area contributed by atoms with Crippen LogP contribution in [-0.2, 0) is 0 Å². The van der Waals surface area contributed by atoms with Crippen molar-refractivity contribution >= 4 is 0 Å². The Morgan fingerprint density at radius 2 is 1.69 bits per heavy atom. The molecule has 1 aromatic carbocycles. The van der Waals surface area contributed by atoms with Crippen molar-refractivity contribution in [1.82, 2.24) is 4.98 Å². The zero-order chi connectivity index (χ0) is 11.2. The molecule has 0 bridgehead atoms. The molecular weight excluding hydrogens is 194 g/mol. The van der Waals surface area contributed by atoms with Gasteiger partial charge in [-0.25, -0.2) is 0 Å². The first kappa shape index (κ1) is 10.0. The second-order valence-corrected chi connectivity index (χ2v) is 3.22. The Bertz CT molecular complexity index is 580. The highest BCUT2D eigenvalue weighted by Crippen LogP contribution is 2.02. The molecule has 1 aromatic heterocycles. The molecule has 2 aromatic rings. The fourth-order valence-electron chi connectivity index (χ4n) is 1.27. The van der Waals surface area contributed by atoms with Gasteiger partial charge in [0.1, 0.15) is 0 Å². The molecule has 0 aliphatic rings. The average Bonchev–Trinajstić information content (AvgIpc) is 2.38. The van der Waals surface area contributed by atoms with Gasteiger partial charge in [-0.1, -0.05) is 23.8 Å². The van der Waals surface area contributed by atoms with Crippen LogP contribution in [0, 0.1) is 24.2 Å². The first-order chi connectivity index (χ1) is 7.88. The highest BCUT2D eigenvalue weighted by Gasteiger charge is 1.89. The summed E-state index contributed by atoms with van der Waals surface area (Å²) in [5, 5.41) is 0. The van der Waals surface area contributed by atoms with E-state index in [9.17, 15) is 0 Å². The van der Waals surface area contributed by atoms with Gasteiger partial charge in [0, 0.05) is 29.1 Å². The Balaban J connectivity index is 2.28. The van der Waals surface area contributed by atoms with Crippen LogP contribution in [-0.4, -0.2) is 4.98 Å². The van der Waals surface area contributed by atoms with Crippen LogP contribution in [0.3, 0.4) is 0 Å². The molecule has 0 aliphatic carbocycles. The van der Waals surface area contributed by atoms with Gasteiger partial charge in [-0.2, -0.15) is 0 Å². The first-order valence-electron chi connectivity index (χ1n) is 4.87. The Morgan fingerprint density at radius 1 is 0.938 bits per heavy atom. The summed E-state index contributed by atoms with van der Waals surface area (Å²) in [7, 11) is 0. The van der Waals surface area contributed by atoms with Crippen LogP contribution in [0.25, 0.3) is 0 Å². The van der Waals surface area contributed by atoms with E-state index in [1.807, 2.05) is 36.4 Å². The maximum Gasteiger partial charge on any atom is 0.0432 e. The molecule has 1 heterocycles. The standard InChI is InChI=1S/C15H9N/c1-2-13-5-3-6-14(11-13)8-9-15-7-4-10-16-12-15/h1,3-7,10-12H. The molecule has 0 radical (unpaired) electrons. The molecule has 1 nitrogen and oxygen atoms in total. The number of nitrogens with zero attached hydrogens (tertiary/aromatic N) is 1. The van der Waals surface area contributed by atoms with Gasteiger partial charge in [0.05, 0.1) is 0 Å². The topological polar surface area (TPSA) is 12.9 Å². The molecule has 0 aliphatic heterocycles. The van der Waals surface area contributed by atoms with E-state index in [-0.39, 0.29) is 0 Å². The van der Waals surface area contributed by atoms with Crippen molar-refractivity contribution in [3.05, 3.63) is 65.5 Å². The van der Waals surface area contributed by atoms with Crippen molar-refractivity contribution in [3.63, 3.8) is 0 Å². The van der Waals surface area contributed by atoms with E-state index in [1.54, 1.807) is 12.4 Å². The Hall–Kier alpha value is -2.51. The van der Waals surface area contributed by atoms with E-state index in [4.69, 9.17) is 6.42 Å². The summed E-state index contributed by atoms with van der Waals surface area (Å²) in [6, 6.07) is 11.4. The van der Waals surface area contributed by atoms with Crippen LogP contribution < -0.4 is 0 Å². The van der Waals surface area contributed by atoms with Gasteiger partial charge in [0.2, 0.25) is 0 Å². The molecule has 0 saturated heterocycles. The molecule has 0 amide bonds. The summed E-state index contributed by atoms with van der Waals surface area (Å²) < 4.78 is 0. The van der Waals surface area contributed by atoms with Gasteiger partial charge in [0.15, 0.2) is 0 Å². The number of terminal acetylenes is 1. The minimum absolute atomic E-state index is 0.845. The molecule has 2 rings (SSSR count). The third-order valence-electron chi connectivity index (χ3n) is 2.04. The van der Waals surface area contributed by atoms with E-state index in [0.717, 1.165) is 16.7 Å². The van der Waals surface area contributed by atoms with Crippen LogP contribution >= 0.6 is 0 Å². The second-order valence-electron chi connectivity index (χ2n) is 3.22. The minimum Gasteiger partial charge on any atom is -0.263 e. The lowest BCUT2D eigenvalue weighted by atomic mass is 10.1. The smallest absolute Gasteiger partial charge is 0.0432 e. The predicted molar refractivity (Wildman–Crippen MR) is 64.6 cm³/mol. The van der Waals surface area contributed by atoms with Gasteiger partial charge in [-0.3, -0.25) is 4.98 Å². The van der Waals surface area contributed by atoms with E-state index >= 15 is 0 Å². The number of benzene rings is 1. The number of hydrogen-bond donors (Lipinski definition) is 0.